The summed E-state index contributed by atoms with van der Waals surface area (Å²) in [6.07, 6.45) is 2.36. The van der Waals surface area contributed by atoms with Crippen LogP contribution >= 0.6 is 11.3 Å². The monoisotopic (exact) mass is 210 g/mol. The summed E-state index contributed by atoms with van der Waals surface area (Å²) in [5, 5.41) is 4.38. The van der Waals surface area contributed by atoms with E-state index in [1.807, 2.05) is 0 Å². The Balaban J connectivity index is 2.13. The number of nitrogens with zero attached hydrogens (tertiary/aromatic N) is 1. The minimum absolute atomic E-state index is 0.330. The fourth-order valence-electron chi connectivity index (χ4n) is 2.32. The SMILES string of the molecule is CCCN1CC[C@@H](N)[C@@H]1c1ccsc1. The molecule has 2 heterocycles. The highest BCUT2D eigenvalue weighted by molar-refractivity contribution is 7.07. The fraction of sp³-hybridized carbons (Fsp3) is 0.636. The van der Waals surface area contributed by atoms with Crippen molar-refractivity contribution in [3.05, 3.63) is 22.4 Å². The molecule has 0 aromatic carbocycles. The van der Waals surface area contributed by atoms with Gasteiger partial charge < -0.3 is 5.73 Å². The molecule has 1 fully saturated rings. The molecule has 2 atom stereocenters. The summed E-state index contributed by atoms with van der Waals surface area (Å²) in [5.74, 6) is 0. The van der Waals surface area contributed by atoms with Crippen LogP contribution in [-0.2, 0) is 0 Å². The zero-order chi connectivity index (χ0) is 9.97. The normalized spacial score (nSPS) is 28.4. The summed E-state index contributed by atoms with van der Waals surface area (Å²) in [4.78, 5) is 2.52. The third-order valence-corrected chi connectivity index (χ3v) is 3.65. The molecular weight excluding hydrogens is 192 g/mol. The van der Waals surface area contributed by atoms with Crippen molar-refractivity contribution >= 4 is 11.3 Å². The highest BCUT2D eigenvalue weighted by atomic mass is 32.1. The van der Waals surface area contributed by atoms with E-state index in [0.717, 1.165) is 13.0 Å². The topological polar surface area (TPSA) is 29.3 Å². The van der Waals surface area contributed by atoms with Crippen LogP contribution in [0.1, 0.15) is 31.4 Å². The minimum atomic E-state index is 0.330. The van der Waals surface area contributed by atoms with E-state index in [1.54, 1.807) is 11.3 Å². The van der Waals surface area contributed by atoms with E-state index >= 15 is 0 Å². The molecule has 0 spiro atoms. The molecular formula is C11H18N2S. The van der Waals surface area contributed by atoms with Gasteiger partial charge in [0.25, 0.3) is 0 Å². The van der Waals surface area contributed by atoms with Crippen molar-refractivity contribution in [3.8, 4) is 0 Å². The molecule has 0 aliphatic carbocycles. The van der Waals surface area contributed by atoms with Crippen molar-refractivity contribution < 1.29 is 0 Å². The Morgan fingerprint density at radius 1 is 1.64 bits per heavy atom. The first-order valence-corrected chi connectivity index (χ1v) is 6.29. The molecule has 3 heteroatoms. The predicted octanol–water partition coefficient (Wildman–Crippen LogP) is 2.23. The molecule has 1 aliphatic rings. The zero-order valence-electron chi connectivity index (χ0n) is 8.65. The van der Waals surface area contributed by atoms with Crippen LogP contribution < -0.4 is 5.73 Å². The first-order valence-electron chi connectivity index (χ1n) is 5.34. The van der Waals surface area contributed by atoms with Crippen LogP contribution in [0.2, 0.25) is 0 Å². The number of nitrogens with two attached hydrogens (primary N) is 1. The van der Waals surface area contributed by atoms with Gasteiger partial charge in [0.2, 0.25) is 0 Å². The van der Waals surface area contributed by atoms with Gasteiger partial charge >= 0.3 is 0 Å². The van der Waals surface area contributed by atoms with Crippen LogP contribution in [0, 0.1) is 0 Å². The maximum atomic E-state index is 6.15. The molecule has 78 valence electrons. The van der Waals surface area contributed by atoms with Gasteiger partial charge in [-0.2, -0.15) is 11.3 Å². The van der Waals surface area contributed by atoms with Crippen LogP contribution in [-0.4, -0.2) is 24.0 Å². The Hall–Kier alpha value is -0.380. The Kier molecular flexibility index (Phi) is 3.21. The zero-order valence-corrected chi connectivity index (χ0v) is 9.46. The van der Waals surface area contributed by atoms with Crippen molar-refractivity contribution in [3.63, 3.8) is 0 Å². The summed E-state index contributed by atoms with van der Waals surface area (Å²) >= 11 is 1.77. The van der Waals surface area contributed by atoms with Crippen LogP contribution in [0.5, 0.6) is 0 Å². The Labute approximate surface area is 89.7 Å². The summed E-state index contributed by atoms with van der Waals surface area (Å²) in [7, 11) is 0. The van der Waals surface area contributed by atoms with Gasteiger partial charge in [0.15, 0.2) is 0 Å². The molecule has 2 rings (SSSR count). The lowest BCUT2D eigenvalue weighted by Gasteiger charge is -2.25. The van der Waals surface area contributed by atoms with Crippen molar-refractivity contribution in [2.24, 2.45) is 5.73 Å². The van der Waals surface area contributed by atoms with Gasteiger partial charge in [0.1, 0.15) is 0 Å². The number of hydrogen-bond donors (Lipinski definition) is 1. The van der Waals surface area contributed by atoms with E-state index in [2.05, 4.69) is 28.7 Å². The molecule has 0 unspecified atom stereocenters. The van der Waals surface area contributed by atoms with E-state index < -0.39 is 0 Å². The predicted molar refractivity (Wildman–Crippen MR) is 61.5 cm³/mol. The molecule has 0 amide bonds. The van der Waals surface area contributed by atoms with Gasteiger partial charge in [-0.25, -0.2) is 0 Å². The first-order chi connectivity index (χ1) is 6.83. The Bertz CT molecular complexity index is 269. The third kappa shape index (κ3) is 1.85. The van der Waals surface area contributed by atoms with Gasteiger partial charge in [-0.15, -0.1) is 0 Å². The maximum Gasteiger partial charge on any atom is 0.0507 e. The summed E-state index contributed by atoms with van der Waals surface area (Å²) in [5.41, 5.74) is 7.56. The van der Waals surface area contributed by atoms with Crippen molar-refractivity contribution in [1.82, 2.24) is 4.90 Å². The van der Waals surface area contributed by atoms with Crippen LogP contribution in [0.3, 0.4) is 0 Å². The van der Waals surface area contributed by atoms with Gasteiger partial charge in [-0.05, 0) is 41.8 Å². The second-order valence-electron chi connectivity index (χ2n) is 3.99. The molecule has 2 N–H and O–H groups in total. The van der Waals surface area contributed by atoms with Crippen molar-refractivity contribution in [1.29, 1.82) is 0 Å². The van der Waals surface area contributed by atoms with Crippen molar-refractivity contribution in [2.75, 3.05) is 13.1 Å². The Morgan fingerprint density at radius 2 is 2.50 bits per heavy atom. The molecule has 0 radical (unpaired) electrons. The Morgan fingerprint density at radius 3 is 3.14 bits per heavy atom. The smallest absolute Gasteiger partial charge is 0.0507 e. The van der Waals surface area contributed by atoms with E-state index in [1.165, 1.54) is 18.5 Å². The highest BCUT2D eigenvalue weighted by Crippen LogP contribution is 2.32. The van der Waals surface area contributed by atoms with E-state index in [-0.39, 0.29) is 0 Å². The lowest BCUT2D eigenvalue weighted by Crippen LogP contribution is -2.31. The first kappa shape index (κ1) is 10.1. The number of likely N-dealkylation sites (tertiary alicyclic amines) is 1. The van der Waals surface area contributed by atoms with Crippen LogP contribution in [0.25, 0.3) is 0 Å². The van der Waals surface area contributed by atoms with Crippen LogP contribution in [0.15, 0.2) is 16.8 Å². The molecule has 1 saturated heterocycles. The minimum Gasteiger partial charge on any atom is -0.326 e. The van der Waals surface area contributed by atoms with Gasteiger partial charge in [-0.3, -0.25) is 4.90 Å². The lowest BCUT2D eigenvalue weighted by molar-refractivity contribution is 0.249. The summed E-state index contributed by atoms with van der Waals surface area (Å²) in [6.45, 7) is 4.57. The standard InChI is InChI=1S/C11H18N2S/c1-2-5-13-6-3-10(12)11(13)9-4-7-14-8-9/h4,7-8,10-11H,2-3,5-6,12H2,1H3/t10-,11+/m1/s1. The van der Waals surface area contributed by atoms with E-state index in [4.69, 9.17) is 5.73 Å². The number of hydrogen-bond acceptors (Lipinski definition) is 3. The lowest BCUT2D eigenvalue weighted by atomic mass is 10.0. The average Bonchev–Trinajstić information content (AvgIpc) is 2.76. The van der Waals surface area contributed by atoms with Gasteiger partial charge in [0.05, 0.1) is 6.04 Å². The summed E-state index contributed by atoms with van der Waals surface area (Å²) < 4.78 is 0. The van der Waals surface area contributed by atoms with Crippen molar-refractivity contribution in [2.45, 2.75) is 31.8 Å². The number of rotatable bonds is 3. The number of thiophene rings is 1. The largest absolute Gasteiger partial charge is 0.326 e. The van der Waals surface area contributed by atoms with Crippen LogP contribution in [0.4, 0.5) is 0 Å². The molecule has 14 heavy (non-hydrogen) atoms. The van der Waals surface area contributed by atoms with E-state index in [9.17, 15) is 0 Å². The second kappa shape index (κ2) is 4.43. The molecule has 0 bridgehead atoms. The highest BCUT2D eigenvalue weighted by Gasteiger charge is 2.32. The second-order valence-corrected chi connectivity index (χ2v) is 4.77. The molecule has 2 nitrogen and oxygen atoms in total. The summed E-state index contributed by atoms with van der Waals surface area (Å²) in [6, 6.07) is 3.01. The van der Waals surface area contributed by atoms with E-state index in [0.29, 0.717) is 12.1 Å². The average molecular weight is 210 g/mol. The van der Waals surface area contributed by atoms with Gasteiger partial charge in [-0.1, -0.05) is 6.92 Å². The molecule has 0 saturated carbocycles. The molecule has 1 aliphatic heterocycles. The molecule has 1 aromatic heterocycles. The molecule has 1 aromatic rings. The third-order valence-electron chi connectivity index (χ3n) is 2.94. The quantitative estimate of drug-likeness (QED) is 0.829. The van der Waals surface area contributed by atoms with Gasteiger partial charge in [0, 0.05) is 12.6 Å². The maximum absolute atomic E-state index is 6.15. The fourth-order valence-corrected chi connectivity index (χ4v) is 3.01.